The van der Waals surface area contributed by atoms with E-state index in [0.717, 1.165) is 18.7 Å². The fourth-order valence-electron chi connectivity index (χ4n) is 3.00. The van der Waals surface area contributed by atoms with Crippen molar-refractivity contribution in [3.05, 3.63) is 29.8 Å². The highest BCUT2D eigenvalue weighted by atomic mass is 16.6. The highest BCUT2D eigenvalue weighted by Crippen LogP contribution is 2.17. The molecule has 150 valence electrons. The number of hydrogen-bond donors (Lipinski definition) is 1. The summed E-state index contributed by atoms with van der Waals surface area (Å²) in [7, 11) is 0. The maximum atomic E-state index is 12.3. The summed E-state index contributed by atoms with van der Waals surface area (Å²) in [5, 5.41) is 2.96. The molecular weight excluding hydrogens is 342 g/mol. The molecule has 0 aliphatic carbocycles. The standard InChI is InChI=1S/C21H33N3O3/c1-16(2)15-27-21(26)24-11-5-10-23(12-13-24)14-20(25)22-19-8-6-18(7-9-19)17(3)4/h6-9,16-17H,5,10-15H2,1-4H3,(H,22,25). The van der Waals surface area contributed by atoms with Gasteiger partial charge in [0, 0.05) is 31.9 Å². The van der Waals surface area contributed by atoms with Gasteiger partial charge in [0.2, 0.25) is 5.91 Å². The lowest BCUT2D eigenvalue weighted by Gasteiger charge is -2.21. The third-order valence-electron chi connectivity index (χ3n) is 4.62. The first-order chi connectivity index (χ1) is 12.8. The van der Waals surface area contributed by atoms with Crippen LogP contribution in [0.25, 0.3) is 0 Å². The molecular formula is C21H33N3O3. The van der Waals surface area contributed by atoms with Crippen LogP contribution in [-0.2, 0) is 9.53 Å². The summed E-state index contributed by atoms with van der Waals surface area (Å²) in [5.74, 6) is 0.779. The zero-order valence-electron chi connectivity index (χ0n) is 17.0. The van der Waals surface area contributed by atoms with Gasteiger partial charge in [0.1, 0.15) is 0 Å². The van der Waals surface area contributed by atoms with Crippen molar-refractivity contribution in [2.24, 2.45) is 5.92 Å². The fourth-order valence-corrected chi connectivity index (χ4v) is 3.00. The number of carbonyl (C=O) groups is 2. The maximum absolute atomic E-state index is 12.3. The van der Waals surface area contributed by atoms with Crippen LogP contribution in [0.3, 0.4) is 0 Å². The van der Waals surface area contributed by atoms with E-state index in [1.54, 1.807) is 4.90 Å². The second-order valence-corrected chi connectivity index (χ2v) is 7.91. The van der Waals surface area contributed by atoms with E-state index in [4.69, 9.17) is 4.74 Å². The Hall–Kier alpha value is -2.08. The molecule has 6 nitrogen and oxygen atoms in total. The van der Waals surface area contributed by atoms with Crippen molar-refractivity contribution in [2.45, 2.75) is 40.0 Å². The SMILES string of the molecule is CC(C)COC(=O)N1CCCN(CC(=O)Nc2ccc(C(C)C)cc2)CC1. The van der Waals surface area contributed by atoms with Crippen molar-refractivity contribution in [2.75, 3.05) is 44.6 Å². The Balaban J connectivity index is 1.78. The van der Waals surface area contributed by atoms with Gasteiger partial charge in [-0.2, -0.15) is 0 Å². The van der Waals surface area contributed by atoms with Gasteiger partial charge in [0.25, 0.3) is 0 Å². The second-order valence-electron chi connectivity index (χ2n) is 7.91. The highest BCUT2D eigenvalue weighted by Gasteiger charge is 2.21. The number of benzene rings is 1. The van der Waals surface area contributed by atoms with Crippen LogP contribution in [0.5, 0.6) is 0 Å². The Morgan fingerprint density at radius 3 is 2.37 bits per heavy atom. The molecule has 6 heteroatoms. The van der Waals surface area contributed by atoms with E-state index in [1.165, 1.54) is 5.56 Å². The van der Waals surface area contributed by atoms with E-state index in [0.29, 0.717) is 44.6 Å². The Morgan fingerprint density at radius 1 is 1.04 bits per heavy atom. The average molecular weight is 376 g/mol. The van der Waals surface area contributed by atoms with Crippen molar-refractivity contribution in [1.29, 1.82) is 0 Å². The summed E-state index contributed by atoms with van der Waals surface area (Å²) < 4.78 is 5.31. The van der Waals surface area contributed by atoms with E-state index in [9.17, 15) is 9.59 Å². The molecule has 1 N–H and O–H groups in total. The van der Waals surface area contributed by atoms with Crippen molar-refractivity contribution in [3.63, 3.8) is 0 Å². The van der Waals surface area contributed by atoms with Crippen LogP contribution < -0.4 is 5.32 Å². The van der Waals surface area contributed by atoms with Crippen LogP contribution in [-0.4, -0.2) is 61.1 Å². The van der Waals surface area contributed by atoms with Crippen LogP contribution in [0, 0.1) is 5.92 Å². The molecule has 2 amide bonds. The lowest BCUT2D eigenvalue weighted by Crippen LogP contribution is -2.38. The van der Waals surface area contributed by atoms with Gasteiger partial charge in [0.05, 0.1) is 13.2 Å². The Bertz CT molecular complexity index is 614. The number of anilines is 1. The number of hydrogen-bond acceptors (Lipinski definition) is 4. The number of nitrogens with zero attached hydrogens (tertiary/aromatic N) is 2. The van der Waals surface area contributed by atoms with Crippen LogP contribution in [0.2, 0.25) is 0 Å². The minimum atomic E-state index is -0.250. The molecule has 1 aliphatic rings. The van der Waals surface area contributed by atoms with Crippen LogP contribution in [0.15, 0.2) is 24.3 Å². The van der Waals surface area contributed by atoms with Gasteiger partial charge in [0.15, 0.2) is 0 Å². The largest absolute Gasteiger partial charge is 0.449 e. The highest BCUT2D eigenvalue weighted by molar-refractivity contribution is 5.92. The molecule has 1 aromatic carbocycles. The fraction of sp³-hybridized carbons (Fsp3) is 0.619. The number of carbonyl (C=O) groups excluding carboxylic acids is 2. The smallest absolute Gasteiger partial charge is 0.409 e. The minimum absolute atomic E-state index is 0.0249. The Morgan fingerprint density at radius 2 is 1.74 bits per heavy atom. The first-order valence-electron chi connectivity index (χ1n) is 9.89. The molecule has 0 atom stereocenters. The first-order valence-corrected chi connectivity index (χ1v) is 9.89. The molecule has 1 aromatic rings. The van der Waals surface area contributed by atoms with Gasteiger partial charge >= 0.3 is 6.09 Å². The molecule has 27 heavy (non-hydrogen) atoms. The van der Waals surface area contributed by atoms with Gasteiger partial charge in [-0.25, -0.2) is 4.79 Å². The quantitative estimate of drug-likeness (QED) is 0.826. The van der Waals surface area contributed by atoms with E-state index >= 15 is 0 Å². The third kappa shape index (κ3) is 7.21. The van der Waals surface area contributed by atoms with Crippen LogP contribution in [0.4, 0.5) is 10.5 Å². The summed E-state index contributed by atoms with van der Waals surface area (Å²) in [4.78, 5) is 28.3. The number of rotatable bonds is 6. The van der Waals surface area contributed by atoms with Crippen LogP contribution in [0.1, 0.15) is 45.6 Å². The Kier molecular flexibility index (Phi) is 8.10. The molecule has 0 radical (unpaired) electrons. The summed E-state index contributed by atoms with van der Waals surface area (Å²) in [6.45, 7) is 11.9. The number of ether oxygens (including phenoxy) is 1. The maximum Gasteiger partial charge on any atom is 0.409 e. The molecule has 1 aliphatic heterocycles. The molecule has 1 saturated heterocycles. The predicted molar refractivity (Wildman–Crippen MR) is 108 cm³/mol. The first kappa shape index (κ1) is 21.2. The third-order valence-corrected chi connectivity index (χ3v) is 4.62. The predicted octanol–water partition coefficient (Wildman–Crippen LogP) is 3.55. The number of nitrogens with one attached hydrogen (secondary N) is 1. The zero-order valence-corrected chi connectivity index (χ0v) is 17.0. The summed E-state index contributed by atoms with van der Waals surface area (Å²) in [6, 6.07) is 7.99. The van der Waals surface area contributed by atoms with E-state index in [-0.39, 0.29) is 12.0 Å². The summed E-state index contributed by atoms with van der Waals surface area (Å²) >= 11 is 0. The molecule has 0 aromatic heterocycles. The van der Waals surface area contributed by atoms with Crippen molar-refractivity contribution < 1.29 is 14.3 Å². The van der Waals surface area contributed by atoms with Gasteiger partial charge in [-0.1, -0.05) is 39.8 Å². The minimum Gasteiger partial charge on any atom is -0.449 e. The lowest BCUT2D eigenvalue weighted by molar-refractivity contribution is -0.117. The average Bonchev–Trinajstić information content (AvgIpc) is 2.85. The van der Waals surface area contributed by atoms with Crippen molar-refractivity contribution >= 4 is 17.7 Å². The lowest BCUT2D eigenvalue weighted by atomic mass is 10.0. The number of amides is 2. The second kappa shape index (κ2) is 10.3. The Labute approximate surface area is 162 Å². The molecule has 0 bridgehead atoms. The van der Waals surface area contributed by atoms with Crippen molar-refractivity contribution in [1.82, 2.24) is 9.80 Å². The molecule has 0 unspecified atom stereocenters. The van der Waals surface area contributed by atoms with Gasteiger partial charge in [-0.15, -0.1) is 0 Å². The van der Waals surface area contributed by atoms with Gasteiger partial charge in [-0.3, -0.25) is 9.69 Å². The normalized spacial score (nSPS) is 15.7. The van der Waals surface area contributed by atoms with Gasteiger partial charge in [-0.05, 0) is 36.0 Å². The van der Waals surface area contributed by atoms with E-state index in [1.807, 2.05) is 38.1 Å². The molecule has 0 spiro atoms. The molecule has 1 heterocycles. The molecule has 2 rings (SSSR count). The summed E-state index contributed by atoms with van der Waals surface area (Å²) in [6.07, 6.45) is 0.591. The molecule has 0 saturated carbocycles. The van der Waals surface area contributed by atoms with E-state index in [2.05, 4.69) is 24.1 Å². The van der Waals surface area contributed by atoms with Crippen LogP contribution >= 0.6 is 0 Å². The monoisotopic (exact) mass is 375 g/mol. The van der Waals surface area contributed by atoms with E-state index < -0.39 is 0 Å². The topological polar surface area (TPSA) is 61.9 Å². The van der Waals surface area contributed by atoms with Crippen molar-refractivity contribution in [3.8, 4) is 0 Å². The zero-order chi connectivity index (χ0) is 19.8. The summed E-state index contributed by atoms with van der Waals surface area (Å²) in [5.41, 5.74) is 2.07. The molecule has 1 fully saturated rings. The van der Waals surface area contributed by atoms with Gasteiger partial charge < -0.3 is 15.0 Å².